The van der Waals surface area contributed by atoms with Crippen LogP contribution in [-0.2, 0) is 21.4 Å². The molecular weight excluding hydrogens is 442 g/mol. The van der Waals surface area contributed by atoms with Crippen molar-refractivity contribution in [2.75, 3.05) is 18.4 Å². The number of thiophene rings is 1. The molecule has 1 aliphatic rings. The summed E-state index contributed by atoms with van der Waals surface area (Å²) >= 11 is 8.28. The van der Waals surface area contributed by atoms with Crippen molar-refractivity contribution >= 4 is 54.6 Å². The van der Waals surface area contributed by atoms with Crippen molar-refractivity contribution in [1.29, 1.82) is 0 Å². The van der Waals surface area contributed by atoms with Crippen LogP contribution in [0.4, 0.5) is 5.69 Å². The van der Waals surface area contributed by atoms with Gasteiger partial charge in [-0.15, -0.1) is 11.3 Å². The quantitative estimate of drug-likeness (QED) is 0.596. The number of carbonyl (C=O) groups excluding carboxylic acids is 1. The van der Waals surface area contributed by atoms with Crippen LogP contribution in [-0.4, -0.2) is 32.3 Å². The molecular formula is C21H22ClN3O3S2. The highest BCUT2D eigenvalue weighted by Crippen LogP contribution is 2.36. The third kappa shape index (κ3) is 4.68. The highest BCUT2D eigenvalue weighted by Gasteiger charge is 2.26. The van der Waals surface area contributed by atoms with Gasteiger partial charge in [0.15, 0.2) is 0 Å². The van der Waals surface area contributed by atoms with Crippen molar-refractivity contribution in [1.82, 2.24) is 4.90 Å². The minimum absolute atomic E-state index is 0.0219. The number of hydrogen-bond donors (Lipinski definition) is 2. The number of carbonyl (C=O) groups is 1. The molecule has 0 bridgehead atoms. The maximum Gasteiger partial charge on any atom is 0.238 e. The second-order valence-corrected chi connectivity index (χ2v) is 10.5. The van der Waals surface area contributed by atoms with Crippen LogP contribution in [0.25, 0.3) is 10.1 Å². The van der Waals surface area contributed by atoms with E-state index in [-0.39, 0.29) is 16.7 Å². The monoisotopic (exact) mass is 463 g/mol. The SMILES string of the molecule is NS(=O)(=O)c1ccc(NC(=O)C2CCN(Cc3sc4ccccc4c3Cl)CC2)cc1. The zero-order valence-corrected chi connectivity index (χ0v) is 18.6. The molecule has 30 heavy (non-hydrogen) atoms. The molecule has 6 nitrogen and oxygen atoms in total. The van der Waals surface area contributed by atoms with Crippen LogP contribution in [0.15, 0.2) is 53.4 Å². The molecule has 4 rings (SSSR count). The van der Waals surface area contributed by atoms with E-state index in [2.05, 4.69) is 16.3 Å². The number of nitrogens with two attached hydrogens (primary N) is 1. The largest absolute Gasteiger partial charge is 0.326 e. The van der Waals surface area contributed by atoms with Crippen molar-refractivity contribution in [2.45, 2.75) is 24.3 Å². The third-order valence-electron chi connectivity index (χ3n) is 5.38. The molecule has 3 N–H and O–H groups in total. The van der Waals surface area contributed by atoms with Gasteiger partial charge in [0.05, 0.1) is 9.92 Å². The first-order valence-electron chi connectivity index (χ1n) is 9.63. The van der Waals surface area contributed by atoms with Gasteiger partial charge < -0.3 is 5.32 Å². The lowest BCUT2D eigenvalue weighted by atomic mass is 9.95. The van der Waals surface area contributed by atoms with E-state index in [1.807, 2.05) is 18.2 Å². The van der Waals surface area contributed by atoms with Gasteiger partial charge in [-0.25, -0.2) is 13.6 Å². The fourth-order valence-corrected chi connectivity index (χ4v) is 5.75. The normalized spacial score (nSPS) is 16.1. The molecule has 2 heterocycles. The smallest absolute Gasteiger partial charge is 0.238 e. The summed E-state index contributed by atoms with van der Waals surface area (Å²) in [5.74, 6) is -0.116. The van der Waals surface area contributed by atoms with E-state index in [0.29, 0.717) is 5.69 Å². The average Bonchev–Trinajstić information content (AvgIpc) is 3.04. The van der Waals surface area contributed by atoms with Crippen molar-refractivity contribution < 1.29 is 13.2 Å². The molecule has 1 aromatic heterocycles. The molecule has 9 heteroatoms. The Morgan fingerprint density at radius 2 is 1.80 bits per heavy atom. The van der Waals surface area contributed by atoms with E-state index in [1.54, 1.807) is 23.5 Å². The van der Waals surface area contributed by atoms with Crippen molar-refractivity contribution in [3.63, 3.8) is 0 Å². The molecule has 158 valence electrons. The Kier molecular flexibility index (Phi) is 6.13. The summed E-state index contributed by atoms with van der Waals surface area (Å²) in [4.78, 5) is 16.1. The standard InChI is InChI=1S/C21H22ClN3O3S2/c22-20-17-3-1-2-4-18(17)29-19(20)13-25-11-9-14(10-12-25)21(26)24-15-5-7-16(8-6-15)30(23,27)28/h1-8,14H,9-13H2,(H,24,26)(H2,23,27,28). The van der Waals surface area contributed by atoms with Gasteiger partial charge in [0.2, 0.25) is 15.9 Å². The number of fused-ring (bicyclic) bond motifs is 1. The van der Waals surface area contributed by atoms with E-state index in [0.717, 1.165) is 47.8 Å². The van der Waals surface area contributed by atoms with E-state index >= 15 is 0 Å². The molecule has 0 unspecified atom stereocenters. The maximum absolute atomic E-state index is 12.6. The third-order valence-corrected chi connectivity index (χ3v) is 8.01. The molecule has 1 saturated heterocycles. The molecule has 1 fully saturated rings. The van der Waals surface area contributed by atoms with E-state index in [1.165, 1.54) is 16.8 Å². The summed E-state index contributed by atoms with van der Waals surface area (Å²) in [7, 11) is -3.74. The van der Waals surface area contributed by atoms with Crippen LogP contribution in [0, 0.1) is 5.92 Å². The molecule has 1 aliphatic heterocycles. The van der Waals surface area contributed by atoms with E-state index < -0.39 is 10.0 Å². The first kappa shape index (κ1) is 21.3. The summed E-state index contributed by atoms with van der Waals surface area (Å²) in [6, 6.07) is 14.0. The molecule has 0 atom stereocenters. The summed E-state index contributed by atoms with van der Waals surface area (Å²) < 4.78 is 23.8. The Morgan fingerprint density at radius 1 is 1.13 bits per heavy atom. The van der Waals surface area contributed by atoms with Crippen LogP contribution in [0.2, 0.25) is 5.02 Å². The fourth-order valence-electron chi connectivity index (χ4n) is 3.70. The lowest BCUT2D eigenvalue weighted by Gasteiger charge is -2.31. The average molecular weight is 464 g/mol. The lowest BCUT2D eigenvalue weighted by molar-refractivity contribution is -0.121. The lowest BCUT2D eigenvalue weighted by Crippen LogP contribution is -2.37. The number of nitrogens with zero attached hydrogens (tertiary/aromatic N) is 1. The summed E-state index contributed by atoms with van der Waals surface area (Å²) in [5.41, 5.74) is 0.562. The van der Waals surface area contributed by atoms with Crippen molar-refractivity contribution in [2.24, 2.45) is 11.1 Å². The van der Waals surface area contributed by atoms with Crippen LogP contribution < -0.4 is 10.5 Å². The Morgan fingerprint density at radius 3 is 2.43 bits per heavy atom. The van der Waals surface area contributed by atoms with Gasteiger partial charge in [0.1, 0.15) is 0 Å². The van der Waals surface area contributed by atoms with Gasteiger partial charge in [-0.1, -0.05) is 29.8 Å². The molecule has 1 amide bonds. The predicted molar refractivity (Wildman–Crippen MR) is 121 cm³/mol. The van der Waals surface area contributed by atoms with Crippen molar-refractivity contribution in [3.05, 3.63) is 58.4 Å². The zero-order valence-electron chi connectivity index (χ0n) is 16.2. The summed E-state index contributed by atoms with van der Waals surface area (Å²) in [6.07, 6.45) is 1.53. The van der Waals surface area contributed by atoms with Gasteiger partial charge in [-0.05, 0) is 56.3 Å². The Bertz CT molecular complexity index is 1170. The number of sulfonamides is 1. The number of anilines is 1. The second kappa shape index (κ2) is 8.64. The molecule has 3 aromatic rings. The number of rotatable bonds is 5. The van der Waals surface area contributed by atoms with Gasteiger partial charge in [0, 0.05) is 33.1 Å². The predicted octanol–water partition coefficient (Wildman–Crippen LogP) is 4.05. The minimum Gasteiger partial charge on any atom is -0.326 e. The second-order valence-electron chi connectivity index (χ2n) is 7.44. The van der Waals surface area contributed by atoms with E-state index in [9.17, 15) is 13.2 Å². The summed E-state index contributed by atoms with van der Waals surface area (Å²) in [5, 5.41) is 9.90. The van der Waals surface area contributed by atoms with Crippen LogP contribution in [0.5, 0.6) is 0 Å². The van der Waals surface area contributed by atoms with Crippen LogP contribution in [0.3, 0.4) is 0 Å². The maximum atomic E-state index is 12.6. The Balaban J connectivity index is 1.32. The zero-order chi connectivity index (χ0) is 21.3. The van der Waals surface area contributed by atoms with E-state index in [4.69, 9.17) is 16.7 Å². The van der Waals surface area contributed by atoms with Gasteiger partial charge in [-0.2, -0.15) is 0 Å². The molecule has 0 spiro atoms. The van der Waals surface area contributed by atoms with Gasteiger partial charge >= 0.3 is 0 Å². The number of nitrogens with one attached hydrogen (secondary N) is 1. The highest BCUT2D eigenvalue weighted by atomic mass is 35.5. The first-order valence-corrected chi connectivity index (χ1v) is 12.4. The molecule has 0 aliphatic carbocycles. The van der Waals surface area contributed by atoms with Crippen LogP contribution >= 0.6 is 22.9 Å². The van der Waals surface area contributed by atoms with Gasteiger partial charge in [-0.3, -0.25) is 9.69 Å². The number of hydrogen-bond acceptors (Lipinski definition) is 5. The molecule has 0 radical (unpaired) electrons. The first-order chi connectivity index (χ1) is 14.3. The number of primary sulfonamides is 1. The number of likely N-dealkylation sites (tertiary alicyclic amines) is 1. The summed E-state index contributed by atoms with van der Waals surface area (Å²) in [6.45, 7) is 2.45. The highest BCUT2D eigenvalue weighted by molar-refractivity contribution is 7.89. The van der Waals surface area contributed by atoms with Crippen molar-refractivity contribution in [3.8, 4) is 0 Å². The number of halogens is 1. The minimum atomic E-state index is -3.74. The van der Waals surface area contributed by atoms with Crippen LogP contribution in [0.1, 0.15) is 17.7 Å². The Labute approximate surface area is 184 Å². The number of amides is 1. The Hall–Kier alpha value is -1.97. The number of benzene rings is 2. The number of piperidine rings is 1. The molecule has 2 aromatic carbocycles. The fraction of sp³-hybridized carbons (Fsp3) is 0.286. The topological polar surface area (TPSA) is 92.5 Å². The van der Waals surface area contributed by atoms with Gasteiger partial charge in [0.25, 0.3) is 0 Å². The molecule has 0 saturated carbocycles.